The topological polar surface area (TPSA) is 56.8 Å². The summed E-state index contributed by atoms with van der Waals surface area (Å²) in [6, 6.07) is 10.7. The molecule has 5 nitrogen and oxygen atoms in total. The highest BCUT2D eigenvalue weighted by Gasteiger charge is 2.06. The van der Waals surface area contributed by atoms with E-state index in [0.29, 0.717) is 34.6 Å². The molecule has 2 aromatic carbocycles. The van der Waals surface area contributed by atoms with Crippen LogP contribution in [0.3, 0.4) is 0 Å². The van der Waals surface area contributed by atoms with Gasteiger partial charge in [0, 0.05) is 11.8 Å². The third-order valence-corrected chi connectivity index (χ3v) is 4.58. The van der Waals surface area contributed by atoms with Gasteiger partial charge in [-0.15, -0.1) is 0 Å². The molecular weight excluding hydrogens is 390 g/mol. The van der Waals surface area contributed by atoms with Gasteiger partial charge in [0.05, 0.1) is 25.8 Å². The molecule has 0 bridgehead atoms. The summed E-state index contributed by atoms with van der Waals surface area (Å²) in [6.07, 6.45) is 7.77. The summed E-state index contributed by atoms with van der Waals surface area (Å²) >= 11 is 6.08. The number of carbonyl (C=O) groups is 1. The van der Waals surface area contributed by atoms with Gasteiger partial charge in [-0.3, -0.25) is 4.79 Å². The first-order valence-electron chi connectivity index (χ1n) is 9.70. The Balaban J connectivity index is 1.95. The van der Waals surface area contributed by atoms with Crippen molar-refractivity contribution in [3.63, 3.8) is 0 Å². The van der Waals surface area contributed by atoms with Crippen LogP contribution in [0.4, 0.5) is 5.69 Å². The van der Waals surface area contributed by atoms with Crippen molar-refractivity contribution in [2.45, 2.75) is 32.6 Å². The Morgan fingerprint density at radius 3 is 2.45 bits per heavy atom. The van der Waals surface area contributed by atoms with Crippen molar-refractivity contribution in [1.82, 2.24) is 0 Å². The first kappa shape index (κ1) is 22.6. The smallest absolute Gasteiger partial charge is 0.248 e. The van der Waals surface area contributed by atoms with Gasteiger partial charge in [-0.2, -0.15) is 0 Å². The summed E-state index contributed by atoms with van der Waals surface area (Å²) in [4.78, 5) is 12.2. The lowest BCUT2D eigenvalue weighted by atomic mass is 10.2. The Kier molecular flexibility index (Phi) is 9.38. The number of carbonyl (C=O) groups excluding carboxylic acids is 1. The molecule has 0 aliphatic carbocycles. The molecule has 0 aliphatic heterocycles. The van der Waals surface area contributed by atoms with Crippen LogP contribution in [0.2, 0.25) is 5.02 Å². The van der Waals surface area contributed by atoms with Crippen molar-refractivity contribution < 1.29 is 19.0 Å². The highest BCUT2D eigenvalue weighted by Crippen LogP contribution is 2.29. The van der Waals surface area contributed by atoms with Gasteiger partial charge in [0.1, 0.15) is 5.75 Å². The number of nitrogens with one attached hydrogen (secondary N) is 1. The zero-order chi connectivity index (χ0) is 21.1. The fourth-order valence-electron chi connectivity index (χ4n) is 2.72. The number of hydrogen-bond acceptors (Lipinski definition) is 4. The average molecular weight is 418 g/mol. The van der Waals surface area contributed by atoms with Crippen molar-refractivity contribution in [3.05, 3.63) is 53.1 Å². The van der Waals surface area contributed by atoms with Gasteiger partial charge in [-0.05, 0) is 48.4 Å². The van der Waals surface area contributed by atoms with Crippen molar-refractivity contribution in [2.24, 2.45) is 0 Å². The monoisotopic (exact) mass is 417 g/mol. The van der Waals surface area contributed by atoms with E-state index in [-0.39, 0.29) is 5.91 Å². The molecule has 1 N–H and O–H groups in total. The highest BCUT2D eigenvalue weighted by atomic mass is 35.5. The van der Waals surface area contributed by atoms with Crippen LogP contribution in [-0.2, 0) is 4.79 Å². The Morgan fingerprint density at radius 1 is 1.00 bits per heavy atom. The van der Waals surface area contributed by atoms with Crippen LogP contribution in [0.1, 0.15) is 38.2 Å². The van der Waals surface area contributed by atoms with Gasteiger partial charge in [-0.1, -0.05) is 43.9 Å². The standard InChI is InChI=1S/C23H28ClNO4/c1-4-5-6-7-14-29-21-11-8-17(15-22(21)28-3)9-13-23(26)25-18-10-12-20(27-2)19(24)16-18/h8-13,15-16H,4-7,14H2,1-3H3,(H,25,26). The molecule has 6 heteroatoms. The van der Waals surface area contributed by atoms with Crippen LogP contribution >= 0.6 is 11.6 Å². The van der Waals surface area contributed by atoms with Gasteiger partial charge in [0.25, 0.3) is 0 Å². The zero-order valence-electron chi connectivity index (χ0n) is 17.2. The normalized spacial score (nSPS) is 10.8. The summed E-state index contributed by atoms with van der Waals surface area (Å²) in [5.74, 6) is 1.64. The predicted octanol–water partition coefficient (Wildman–Crippen LogP) is 5.97. The van der Waals surface area contributed by atoms with Crippen molar-refractivity contribution in [1.29, 1.82) is 0 Å². The van der Waals surface area contributed by atoms with Crippen LogP contribution in [0.25, 0.3) is 6.08 Å². The lowest BCUT2D eigenvalue weighted by Crippen LogP contribution is -2.07. The van der Waals surface area contributed by atoms with E-state index in [9.17, 15) is 4.79 Å². The highest BCUT2D eigenvalue weighted by molar-refractivity contribution is 6.32. The quantitative estimate of drug-likeness (QED) is 0.361. The lowest BCUT2D eigenvalue weighted by Gasteiger charge is -2.11. The van der Waals surface area contributed by atoms with Gasteiger partial charge in [0.15, 0.2) is 11.5 Å². The Bertz CT molecular complexity index is 836. The predicted molar refractivity (Wildman–Crippen MR) is 118 cm³/mol. The van der Waals surface area contributed by atoms with Gasteiger partial charge >= 0.3 is 0 Å². The second-order valence-electron chi connectivity index (χ2n) is 6.49. The Hall–Kier alpha value is -2.66. The number of methoxy groups -OCH3 is 2. The minimum atomic E-state index is -0.263. The molecule has 156 valence electrons. The second-order valence-corrected chi connectivity index (χ2v) is 6.90. The molecule has 0 saturated carbocycles. The third-order valence-electron chi connectivity index (χ3n) is 4.29. The van der Waals surface area contributed by atoms with E-state index in [4.69, 9.17) is 25.8 Å². The maximum absolute atomic E-state index is 12.2. The largest absolute Gasteiger partial charge is 0.495 e. The number of unbranched alkanes of at least 4 members (excludes halogenated alkanes) is 3. The fourth-order valence-corrected chi connectivity index (χ4v) is 2.98. The molecule has 0 radical (unpaired) electrons. The van der Waals surface area contributed by atoms with E-state index in [1.807, 2.05) is 18.2 Å². The summed E-state index contributed by atoms with van der Waals surface area (Å²) in [5, 5.41) is 3.20. The van der Waals surface area contributed by atoms with Crippen LogP contribution in [0.5, 0.6) is 17.2 Å². The van der Waals surface area contributed by atoms with Gasteiger partial charge < -0.3 is 19.5 Å². The zero-order valence-corrected chi connectivity index (χ0v) is 17.9. The summed E-state index contributed by atoms with van der Waals surface area (Å²) in [5.41, 5.74) is 1.43. The van der Waals surface area contributed by atoms with Gasteiger partial charge in [0.2, 0.25) is 5.91 Å². The molecule has 0 aliphatic rings. The fraction of sp³-hybridized carbons (Fsp3) is 0.348. The average Bonchev–Trinajstić information content (AvgIpc) is 2.72. The molecular formula is C23H28ClNO4. The minimum absolute atomic E-state index is 0.263. The summed E-state index contributed by atoms with van der Waals surface area (Å²) in [6.45, 7) is 2.85. The van der Waals surface area contributed by atoms with Crippen LogP contribution in [0.15, 0.2) is 42.5 Å². The molecule has 0 atom stereocenters. The van der Waals surface area contributed by atoms with E-state index in [2.05, 4.69) is 12.2 Å². The molecule has 0 heterocycles. The number of ether oxygens (including phenoxy) is 3. The van der Waals surface area contributed by atoms with E-state index >= 15 is 0 Å². The van der Waals surface area contributed by atoms with Crippen molar-refractivity contribution in [2.75, 3.05) is 26.1 Å². The molecule has 0 spiro atoms. The van der Waals surface area contributed by atoms with Gasteiger partial charge in [-0.25, -0.2) is 0 Å². The number of amides is 1. The third kappa shape index (κ3) is 7.35. The Morgan fingerprint density at radius 2 is 1.76 bits per heavy atom. The van der Waals surface area contributed by atoms with Crippen LogP contribution in [-0.4, -0.2) is 26.7 Å². The maximum atomic E-state index is 12.2. The Labute approximate surface area is 177 Å². The lowest BCUT2D eigenvalue weighted by molar-refractivity contribution is -0.111. The van der Waals surface area contributed by atoms with E-state index < -0.39 is 0 Å². The maximum Gasteiger partial charge on any atom is 0.248 e. The molecule has 29 heavy (non-hydrogen) atoms. The second kappa shape index (κ2) is 12.0. The number of benzene rings is 2. The summed E-state index contributed by atoms with van der Waals surface area (Å²) in [7, 11) is 3.14. The number of hydrogen-bond donors (Lipinski definition) is 1. The molecule has 2 rings (SSSR count). The van der Waals surface area contributed by atoms with Crippen molar-refractivity contribution in [3.8, 4) is 17.2 Å². The van der Waals surface area contributed by atoms with E-state index in [1.165, 1.54) is 18.9 Å². The van der Waals surface area contributed by atoms with E-state index in [0.717, 1.165) is 18.4 Å². The van der Waals surface area contributed by atoms with Crippen LogP contribution < -0.4 is 19.5 Å². The number of rotatable bonds is 11. The minimum Gasteiger partial charge on any atom is -0.495 e. The number of halogens is 1. The molecule has 0 fully saturated rings. The molecule has 1 amide bonds. The summed E-state index contributed by atoms with van der Waals surface area (Å²) < 4.78 is 16.3. The van der Waals surface area contributed by atoms with Crippen LogP contribution in [0, 0.1) is 0 Å². The first-order valence-corrected chi connectivity index (χ1v) is 10.1. The van der Waals surface area contributed by atoms with Crippen molar-refractivity contribution >= 4 is 29.3 Å². The first-order chi connectivity index (χ1) is 14.1. The molecule has 0 aromatic heterocycles. The molecule has 0 unspecified atom stereocenters. The molecule has 2 aromatic rings. The SMILES string of the molecule is CCCCCCOc1ccc(C=CC(=O)Nc2ccc(OC)c(Cl)c2)cc1OC. The number of anilines is 1. The molecule has 0 saturated heterocycles. The van der Waals surface area contributed by atoms with E-state index in [1.54, 1.807) is 38.5 Å².